The fourth-order valence-electron chi connectivity index (χ4n) is 1.92. The predicted molar refractivity (Wildman–Crippen MR) is 78.3 cm³/mol. The summed E-state index contributed by atoms with van der Waals surface area (Å²) in [5.74, 6) is -0.0259. The lowest BCUT2D eigenvalue weighted by molar-refractivity contribution is -0.121. The van der Waals surface area contributed by atoms with E-state index in [0.717, 1.165) is 18.4 Å². The normalized spacial score (nSPS) is 11.4. The summed E-state index contributed by atoms with van der Waals surface area (Å²) in [6.07, 6.45) is 2.04. The van der Waals surface area contributed by atoms with Crippen molar-refractivity contribution < 1.29 is 9.90 Å². The number of benzene rings is 1. The average Bonchev–Trinajstić information content (AvgIpc) is 2.44. The van der Waals surface area contributed by atoms with Gasteiger partial charge in [0.1, 0.15) is 0 Å². The Morgan fingerprint density at radius 1 is 1.26 bits per heavy atom. The van der Waals surface area contributed by atoms with Crippen molar-refractivity contribution in [2.24, 2.45) is 5.41 Å². The van der Waals surface area contributed by atoms with E-state index >= 15 is 0 Å². The quantitative estimate of drug-likeness (QED) is 0.808. The topological polar surface area (TPSA) is 49.3 Å². The standard InChI is InChI=1S/C15H22ClNO2/c1-3-15(4-2,11-18)10-17-14(19)9-12-5-7-13(16)8-6-12/h5-8,18H,3-4,9-11H2,1-2H3,(H,17,19). The molecule has 106 valence electrons. The largest absolute Gasteiger partial charge is 0.396 e. The van der Waals surface area contributed by atoms with Crippen LogP contribution in [0.25, 0.3) is 0 Å². The van der Waals surface area contributed by atoms with E-state index in [9.17, 15) is 9.90 Å². The molecule has 1 rings (SSSR count). The van der Waals surface area contributed by atoms with Gasteiger partial charge in [-0.1, -0.05) is 37.6 Å². The van der Waals surface area contributed by atoms with Crippen molar-refractivity contribution in [2.45, 2.75) is 33.1 Å². The van der Waals surface area contributed by atoms with Crippen LogP contribution in [0.4, 0.5) is 0 Å². The Morgan fingerprint density at radius 2 is 1.84 bits per heavy atom. The van der Waals surface area contributed by atoms with Crippen LogP contribution in [-0.2, 0) is 11.2 Å². The van der Waals surface area contributed by atoms with E-state index in [-0.39, 0.29) is 17.9 Å². The van der Waals surface area contributed by atoms with Crippen LogP contribution >= 0.6 is 11.6 Å². The lowest BCUT2D eigenvalue weighted by atomic mass is 9.83. The molecule has 0 aliphatic heterocycles. The van der Waals surface area contributed by atoms with Crippen LogP contribution in [0.5, 0.6) is 0 Å². The van der Waals surface area contributed by atoms with Crippen LogP contribution in [0.1, 0.15) is 32.3 Å². The number of hydrogen-bond donors (Lipinski definition) is 2. The number of carbonyl (C=O) groups excluding carboxylic acids is 1. The van der Waals surface area contributed by atoms with Gasteiger partial charge in [-0.05, 0) is 30.5 Å². The molecule has 4 heteroatoms. The molecule has 0 unspecified atom stereocenters. The summed E-state index contributed by atoms with van der Waals surface area (Å²) in [6, 6.07) is 7.25. The smallest absolute Gasteiger partial charge is 0.224 e. The first-order valence-corrected chi connectivity index (χ1v) is 7.05. The maximum atomic E-state index is 11.9. The number of hydrogen-bond acceptors (Lipinski definition) is 2. The Balaban J connectivity index is 2.49. The van der Waals surface area contributed by atoms with Crippen LogP contribution in [0, 0.1) is 5.41 Å². The first kappa shape index (κ1) is 16.0. The van der Waals surface area contributed by atoms with E-state index in [1.54, 1.807) is 12.1 Å². The molecule has 0 atom stereocenters. The molecule has 19 heavy (non-hydrogen) atoms. The highest BCUT2D eigenvalue weighted by atomic mass is 35.5. The Hall–Kier alpha value is -1.06. The molecule has 0 radical (unpaired) electrons. The summed E-state index contributed by atoms with van der Waals surface area (Å²) in [5, 5.41) is 13.0. The zero-order valence-electron chi connectivity index (χ0n) is 11.6. The first-order chi connectivity index (χ1) is 9.05. The molecule has 0 saturated heterocycles. The second-order valence-electron chi connectivity index (χ2n) is 4.95. The molecule has 1 aromatic carbocycles. The molecule has 0 fully saturated rings. The van der Waals surface area contributed by atoms with Gasteiger partial charge in [-0.15, -0.1) is 0 Å². The number of rotatable bonds is 7. The van der Waals surface area contributed by atoms with Crippen LogP contribution in [0.3, 0.4) is 0 Å². The summed E-state index contributed by atoms with van der Waals surface area (Å²) in [4.78, 5) is 11.9. The van der Waals surface area contributed by atoms with Crippen molar-refractivity contribution in [1.29, 1.82) is 0 Å². The highest BCUT2D eigenvalue weighted by Crippen LogP contribution is 2.24. The van der Waals surface area contributed by atoms with Gasteiger partial charge in [0.25, 0.3) is 0 Å². The maximum absolute atomic E-state index is 11.9. The lowest BCUT2D eigenvalue weighted by Gasteiger charge is -2.29. The van der Waals surface area contributed by atoms with E-state index < -0.39 is 0 Å². The minimum absolute atomic E-state index is 0.0259. The fraction of sp³-hybridized carbons (Fsp3) is 0.533. The summed E-state index contributed by atoms with van der Waals surface area (Å²) in [7, 11) is 0. The number of halogens is 1. The lowest BCUT2D eigenvalue weighted by Crippen LogP contribution is -2.39. The summed E-state index contributed by atoms with van der Waals surface area (Å²) in [6.45, 7) is 4.68. The van der Waals surface area contributed by atoms with E-state index in [1.165, 1.54) is 0 Å². The molecular formula is C15H22ClNO2. The van der Waals surface area contributed by atoms with Crippen LogP contribution in [-0.4, -0.2) is 24.2 Å². The highest BCUT2D eigenvalue weighted by Gasteiger charge is 2.25. The molecule has 3 nitrogen and oxygen atoms in total. The van der Waals surface area contributed by atoms with Crippen molar-refractivity contribution in [3.05, 3.63) is 34.9 Å². The van der Waals surface area contributed by atoms with Gasteiger partial charge >= 0.3 is 0 Å². The number of aliphatic hydroxyl groups is 1. The van der Waals surface area contributed by atoms with Gasteiger partial charge in [0.05, 0.1) is 13.0 Å². The van der Waals surface area contributed by atoms with E-state index in [0.29, 0.717) is 18.0 Å². The average molecular weight is 284 g/mol. The Kier molecular flexibility index (Phi) is 6.32. The van der Waals surface area contributed by atoms with Crippen molar-refractivity contribution >= 4 is 17.5 Å². The predicted octanol–water partition coefficient (Wildman–Crippen LogP) is 2.80. The zero-order valence-corrected chi connectivity index (χ0v) is 12.3. The molecule has 0 aromatic heterocycles. The third-order valence-corrected chi connectivity index (χ3v) is 4.03. The van der Waals surface area contributed by atoms with Gasteiger partial charge in [0, 0.05) is 17.0 Å². The van der Waals surface area contributed by atoms with Gasteiger partial charge in [0.2, 0.25) is 5.91 Å². The monoisotopic (exact) mass is 283 g/mol. The molecule has 0 aliphatic carbocycles. The van der Waals surface area contributed by atoms with E-state index in [2.05, 4.69) is 5.32 Å². The maximum Gasteiger partial charge on any atom is 0.224 e. The van der Waals surface area contributed by atoms with Gasteiger partial charge < -0.3 is 10.4 Å². The molecule has 0 heterocycles. The third-order valence-electron chi connectivity index (χ3n) is 3.77. The number of aliphatic hydroxyl groups excluding tert-OH is 1. The van der Waals surface area contributed by atoms with Crippen LogP contribution in [0.15, 0.2) is 24.3 Å². The van der Waals surface area contributed by atoms with Gasteiger partial charge in [0.15, 0.2) is 0 Å². The Labute approximate surface area is 120 Å². The molecule has 0 aliphatic rings. The Morgan fingerprint density at radius 3 is 2.32 bits per heavy atom. The summed E-state index contributed by atoms with van der Waals surface area (Å²) >= 11 is 5.80. The SMILES string of the molecule is CCC(CC)(CO)CNC(=O)Cc1ccc(Cl)cc1. The summed E-state index contributed by atoms with van der Waals surface area (Å²) < 4.78 is 0. The Bertz CT molecular complexity index is 391. The van der Waals surface area contributed by atoms with Crippen molar-refractivity contribution in [3.63, 3.8) is 0 Å². The number of carbonyl (C=O) groups is 1. The van der Waals surface area contributed by atoms with Crippen molar-refractivity contribution in [3.8, 4) is 0 Å². The van der Waals surface area contributed by atoms with E-state index in [1.807, 2.05) is 26.0 Å². The van der Waals surface area contributed by atoms with Gasteiger partial charge in [-0.25, -0.2) is 0 Å². The molecule has 0 bridgehead atoms. The van der Waals surface area contributed by atoms with Crippen molar-refractivity contribution in [1.82, 2.24) is 5.32 Å². The minimum atomic E-state index is -0.199. The third kappa shape index (κ3) is 4.84. The molecule has 1 aromatic rings. The second-order valence-corrected chi connectivity index (χ2v) is 5.38. The minimum Gasteiger partial charge on any atom is -0.396 e. The van der Waals surface area contributed by atoms with Crippen LogP contribution in [0.2, 0.25) is 5.02 Å². The van der Waals surface area contributed by atoms with E-state index in [4.69, 9.17) is 11.6 Å². The molecule has 1 amide bonds. The van der Waals surface area contributed by atoms with Crippen molar-refractivity contribution in [2.75, 3.05) is 13.2 Å². The summed E-state index contributed by atoms with van der Waals surface area (Å²) in [5.41, 5.74) is 0.736. The number of amides is 1. The molecule has 0 saturated carbocycles. The second kappa shape index (κ2) is 7.51. The zero-order chi connectivity index (χ0) is 14.3. The molecule has 2 N–H and O–H groups in total. The number of nitrogens with one attached hydrogen (secondary N) is 1. The highest BCUT2D eigenvalue weighted by molar-refractivity contribution is 6.30. The first-order valence-electron chi connectivity index (χ1n) is 6.67. The van der Waals surface area contributed by atoms with Gasteiger partial charge in [-0.2, -0.15) is 0 Å². The molecular weight excluding hydrogens is 262 g/mol. The van der Waals surface area contributed by atoms with Gasteiger partial charge in [-0.3, -0.25) is 4.79 Å². The van der Waals surface area contributed by atoms with Crippen LogP contribution < -0.4 is 5.32 Å². The molecule has 0 spiro atoms. The fourth-order valence-corrected chi connectivity index (χ4v) is 2.04.